The number of nitrogens with one attached hydrogen (secondary N) is 1. The zero-order valence-electron chi connectivity index (χ0n) is 13.1. The molecule has 1 unspecified atom stereocenters. The zero-order valence-corrected chi connectivity index (χ0v) is 15.5. The standard InChI is InChI=1S/C17H17BrN2O3S/c1-19-17(21)15-10-12-6-2-3-7-13(12)11-20(15)24(22,23)16-9-5-4-8-14(16)18/h2-9,15H,10-11H2,1H3,(H,19,21). The maximum atomic E-state index is 13.2. The molecule has 0 bridgehead atoms. The van der Waals surface area contributed by atoms with Crippen LogP contribution in [0, 0.1) is 0 Å². The van der Waals surface area contributed by atoms with Crippen LogP contribution in [0.2, 0.25) is 0 Å². The average molecular weight is 409 g/mol. The van der Waals surface area contributed by atoms with E-state index in [1.54, 1.807) is 24.3 Å². The van der Waals surface area contributed by atoms with Crippen LogP contribution in [0.3, 0.4) is 0 Å². The largest absolute Gasteiger partial charge is 0.358 e. The van der Waals surface area contributed by atoms with Crippen LogP contribution in [0.4, 0.5) is 0 Å². The van der Waals surface area contributed by atoms with Crippen molar-refractivity contribution in [1.29, 1.82) is 0 Å². The molecule has 2 aromatic carbocycles. The third-order valence-corrected chi connectivity index (χ3v) is 7.04. The quantitative estimate of drug-likeness (QED) is 0.846. The van der Waals surface area contributed by atoms with Crippen molar-refractivity contribution < 1.29 is 13.2 Å². The fraction of sp³-hybridized carbons (Fsp3) is 0.235. The lowest BCUT2D eigenvalue weighted by atomic mass is 9.95. The molecule has 7 heteroatoms. The van der Waals surface area contributed by atoms with E-state index in [0.29, 0.717) is 10.9 Å². The molecule has 0 aromatic heterocycles. The lowest BCUT2D eigenvalue weighted by Crippen LogP contribution is -2.51. The third-order valence-electron chi connectivity index (χ3n) is 4.18. The number of sulfonamides is 1. The minimum Gasteiger partial charge on any atom is -0.358 e. The second-order valence-corrected chi connectivity index (χ2v) is 8.30. The summed E-state index contributed by atoms with van der Waals surface area (Å²) in [4.78, 5) is 12.5. The molecule has 126 valence electrons. The number of fused-ring (bicyclic) bond motifs is 1. The molecule has 24 heavy (non-hydrogen) atoms. The van der Waals surface area contributed by atoms with Crippen LogP contribution >= 0.6 is 15.9 Å². The lowest BCUT2D eigenvalue weighted by Gasteiger charge is -2.34. The van der Waals surface area contributed by atoms with Gasteiger partial charge in [0.1, 0.15) is 6.04 Å². The van der Waals surface area contributed by atoms with Crippen LogP contribution in [-0.4, -0.2) is 31.7 Å². The number of halogens is 1. The first kappa shape index (κ1) is 17.1. The van der Waals surface area contributed by atoms with E-state index in [0.717, 1.165) is 11.1 Å². The first-order chi connectivity index (χ1) is 11.4. The molecule has 0 radical (unpaired) electrons. The van der Waals surface area contributed by atoms with Gasteiger partial charge in [-0.2, -0.15) is 4.31 Å². The Morgan fingerprint density at radius 2 is 1.75 bits per heavy atom. The van der Waals surface area contributed by atoms with Crippen molar-refractivity contribution in [1.82, 2.24) is 9.62 Å². The van der Waals surface area contributed by atoms with Crippen LogP contribution in [0.15, 0.2) is 57.9 Å². The highest BCUT2D eigenvalue weighted by molar-refractivity contribution is 9.10. The number of hydrogen-bond acceptors (Lipinski definition) is 3. The number of rotatable bonds is 3. The number of likely N-dealkylation sites (N-methyl/N-ethyl adjacent to an activating group) is 1. The second kappa shape index (κ2) is 6.66. The Morgan fingerprint density at radius 1 is 1.12 bits per heavy atom. The Hall–Kier alpha value is -1.70. The number of carbonyl (C=O) groups excluding carboxylic acids is 1. The summed E-state index contributed by atoms with van der Waals surface area (Å²) in [6, 6.07) is 13.5. The number of amides is 1. The first-order valence-electron chi connectivity index (χ1n) is 7.50. The molecule has 0 saturated heterocycles. The zero-order chi connectivity index (χ0) is 17.3. The molecule has 1 aliphatic rings. The molecular weight excluding hydrogens is 392 g/mol. The topological polar surface area (TPSA) is 66.5 Å². The minimum atomic E-state index is -3.81. The molecule has 5 nitrogen and oxygen atoms in total. The highest BCUT2D eigenvalue weighted by Gasteiger charge is 2.39. The normalized spacial score (nSPS) is 18.0. The van der Waals surface area contributed by atoms with E-state index in [2.05, 4.69) is 21.2 Å². The monoisotopic (exact) mass is 408 g/mol. The highest BCUT2D eigenvalue weighted by Crippen LogP contribution is 2.32. The molecule has 0 aliphatic carbocycles. The molecule has 2 aromatic rings. The van der Waals surface area contributed by atoms with Crippen LogP contribution in [0.5, 0.6) is 0 Å². The van der Waals surface area contributed by atoms with Gasteiger partial charge in [0.05, 0.1) is 4.90 Å². The predicted octanol–water partition coefficient (Wildman–Crippen LogP) is 2.31. The number of benzene rings is 2. The van der Waals surface area contributed by atoms with Gasteiger partial charge in [-0.25, -0.2) is 8.42 Å². The van der Waals surface area contributed by atoms with Gasteiger partial charge in [0.2, 0.25) is 15.9 Å². The molecule has 1 atom stereocenters. The van der Waals surface area contributed by atoms with Crippen molar-refractivity contribution in [3.8, 4) is 0 Å². The fourth-order valence-electron chi connectivity index (χ4n) is 2.92. The molecule has 1 amide bonds. The van der Waals surface area contributed by atoms with E-state index in [9.17, 15) is 13.2 Å². The van der Waals surface area contributed by atoms with Crippen molar-refractivity contribution >= 4 is 31.9 Å². The van der Waals surface area contributed by atoms with E-state index in [1.807, 2.05) is 24.3 Å². The van der Waals surface area contributed by atoms with Gasteiger partial charge in [0, 0.05) is 18.1 Å². The van der Waals surface area contributed by atoms with Gasteiger partial charge < -0.3 is 5.32 Å². The minimum absolute atomic E-state index is 0.165. The summed E-state index contributed by atoms with van der Waals surface area (Å²) in [5.74, 6) is -0.305. The van der Waals surface area contributed by atoms with Crippen molar-refractivity contribution in [2.45, 2.75) is 23.9 Å². The van der Waals surface area contributed by atoms with E-state index in [1.165, 1.54) is 11.4 Å². The van der Waals surface area contributed by atoms with E-state index >= 15 is 0 Å². The molecule has 0 fully saturated rings. The second-order valence-electron chi connectivity index (χ2n) is 5.58. The van der Waals surface area contributed by atoms with Crippen LogP contribution in [-0.2, 0) is 27.8 Å². The predicted molar refractivity (Wildman–Crippen MR) is 94.9 cm³/mol. The van der Waals surface area contributed by atoms with Gasteiger partial charge in [-0.05, 0) is 45.6 Å². The summed E-state index contributed by atoms with van der Waals surface area (Å²) in [7, 11) is -2.29. The van der Waals surface area contributed by atoms with Gasteiger partial charge in [-0.1, -0.05) is 36.4 Å². The third kappa shape index (κ3) is 2.99. The first-order valence-corrected chi connectivity index (χ1v) is 9.73. The summed E-state index contributed by atoms with van der Waals surface area (Å²) >= 11 is 3.30. The average Bonchev–Trinajstić information content (AvgIpc) is 2.60. The fourth-order valence-corrected chi connectivity index (χ4v) is 5.45. The molecule has 0 saturated carbocycles. The summed E-state index contributed by atoms with van der Waals surface area (Å²) in [5.41, 5.74) is 1.93. The van der Waals surface area contributed by atoms with E-state index in [-0.39, 0.29) is 17.3 Å². The Morgan fingerprint density at radius 3 is 2.42 bits per heavy atom. The summed E-state index contributed by atoms with van der Waals surface area (Å²) in [6.45, 7) is 0.178. The van der Waals surface area contributed by atoms with Gasteiger partial charge >= 0.3 is 0 Å². The summed E-state index contributed by atoms with van der Waals surface area (Å²) in [6.07, 6.45) is 0.361. The highest BCUT2D eigenvalue weighted by atomic mass is 79.9. The molecule has 1 heterocycles. The van der Waals surface area contributed by atoms with Crippen LogP contribution < -0.4 is 5.32 Å². The molecule has 1 aliphatic heterocycles. The maximum absolute atomic E-state index is 13.2. The van der Waals surface area contributed by atoms with Crippen molar-refractivity contribution in [3.05, 3.63) is 64.1 Å². The maximum Gasteiger partial charge on any atom is 0.245 e. The number of hydrogen-bond donors (Lipinski definition) is 1. The van der Waals surface area contributed by atoms with Gasteiger partial charge in [0.15, 0.2) is 0 Å². The van der Waals surface area contributed by atoms with E-state index in [4.69, 9.17) is 0 Å². The van der Waals surface area contributed by atoms with Gasteiger partial charge in [-0.3, -0.25) is 4.79 Å². The molecule has 0 spiro atoms. The number of carbonyl (C=O) groups is 1. The Kier molecular flexibility index (Phi) is 4.76. The smallest absolute Gasteiger partial charge is 0.245 e. The Labute approximate surface area is 149 Å². The van der Waals surface area contributed by atoms with Crippen molar-refractivity contribution in [2.75, 3.05) is 7.05 Å². The van der Waals surface area contributed by atoms with Crippen LogP contribution in [0.25, 0.3) is 0 Å². The summed E-state index contributed by atoms with van der Waals surface area (Å²) < 4.78 is 28.1. The van der Waals surface area contributed by atoms with Gasteiger partial charge in [0.25, 0.3) is 0 Å². The lowest BCUT2D eigenvalue weighted by molar-refractivity contribution is -0.124. The van der Waals surface area contributed by atoms with Crippen LogP contribution in [0.1, 0.15) is 11.1 Å². The number of nitrogens with zero attached hydrogens (tertiary/aromatic N) is 1. The summed E-state index contributed by atoms with van der Waals surface area (Å²) in [5, 5.41) is 2.58. The SMILES string of the molecule is CNC(=O)C1Cc2ccccc2CN1S(=O)(=O)c1ccccc1Br. The van der Waals surface area contributed by atoms with E-state index < -0.39 is 16.1 Å². The van der Waals surface area contributed by atoms with Crippen molar-refractivity contribution in [3.63, 3.8) is 0 Å². The van der Waals surface area contributed by atoms with Crippen molar-refractivity contribution in [2.24, 2.45) is 0 Å². The molecule has 3 rings (SSSR count). The Balaban J connectivity index is 2.10. The molecule has 1 N–H and O–H groups in total. The van der Waals surface area contributed by atoms with Gasteiger partial charge in [-0.15, -0.1) is 0 Å². The Bertz CT molecular complexity index is 883. The molecular formula is C17H17BrN2O3S.